The highest BCUT2D eigenvalue weighted by molar-refractivity contribution is 7.80. The summed E-state index contributed by atoms with van der Waals surface area (Å²) in [5.74, 6) is 0.813. The second-order valence-corrected chi connectivity index (χ2v) is 5.65. The van der Waals surface area contributed by atoms with E-state index in [-0.39, 0.29) is 11.9 Å². The maximum absolute atomic E-state index is 11.1. The topological polar surface area (TPSA) is 67.6 Å². The molecule has 114 valence electrons. The highest BCUT2D eigenvalue weighted by atomic mass is 32.1. The number of hydrogen-bond donors (Lipinski definition) is 2. The van der Waals surface area contributed by atoms with E-state index >= 15 is 0 Å². The smallest absolute Gasteiger partial charge is 0.217 e. The van der Waals surface area contributed by atoms with Gasteiger partial charge >= 0.3 is 0 Å². The number of anilines is 1. The van der Waals surface area contributed by atoms with Crippen molar-refractivity contribution < 1.29 is 9.53 Å². The maximum atomic E-state index is 11.1. The number of amides is 1. The van der Waals surface area contributed by atoms with Gasteiger partial charge in [0.15, 0.2) is 0 Å². The van der Waals surface area contributed by atoms with E-state index in [1.165, 1.54) is 0 Å². The first-order valence-corrected chi connectivity index (χ1v) is 7.42. The summed E-state index contributed by atoms with van der Waals surface area (Å²) < 4.78 is 5.29. The van der Waals surface area contributed by atoms with Gasteiger partial charge in [-0.1, -0.05) is 12.2 Å². The number of nitrogens with one attached hydrogen (secondary N) is 1. The minimum Gasteiger partial charge on any atom is -0.497 e. The largest absolute Gasteiger partial charge is 0.497 e. The van der Waals surface area contributed by atoms with E-state index in [1.807, 2.05) is 18.2 Å². The summed E-state index contributed by atoms with van der Waals surface area (Å²) in [4.78, 5) is 13.7. The van der Waals surface area contributed by atoms with Crippen LogP contribution in [-0.2, 0) is 4.79 Å². The van der Waals surface area contributed by atoms with E-state index in [9.17, 15) is 4.79 Å². The van der Waals surface area contributed by atoms with Crippen LogP contribution < -0.4 is 20.7 Å². The van der Waals surface area contributed by atoms with Crippen molar-refractivity contribution in [2.45, 2.75) is 25.8 Å². The standard InChI is InChI=1S/C15H21N3O2S/c1-10(19)17-11-5-7-18(8-6-11)14-9-12(20-2)3-4-13(14)15(16)21/h3-4,9,11H,5-8H2,1-2H3,(H2,16,21)(H,17,19). The van der Waals surface area contributed by atoms with E-state index in [0.717, 1.165) is 42.9 Å². The lowest BCUT2D eigenvalue weighted by molar-refractivity contribution is -0.119. The van der Waals surface area contributed by atoms with Crippen molar-refractivity contribution in [1.29, 1.82) is 0 Å². The summed E-state index contributed by atoms with van der Waals surface area (Å²) in [5, 5.41) is 2.97. The fourth-order valence-electron chi connectivity index (χ4n) is 2.66. The minimum absolute atomic E-state index is 0.0265. The second-order valence-electron chi connectivity index (χ2n) is 5.21. The second kappa shape index (κ2) is 6.76. The Morgan fingerprint density at radius 1 is 1.43 bits per heavy atom. The molecule has 0 aliphatic carbocycles. The van der Waals surface area contributed by atoms with Gasteiger partial charge in [-0.25, -0.2) is 0 Å². The predicted octanol–water partition coefficient (Wildman–Crippen LogP) is 1.43. The zero-order valence-electron chi connectivity index (χ0n) is 12.4. The van der Waals surface area contributed by atoms with E-state index in [4.69, 9.17) is 22.7 Å². The Labute approximate surface area is 130 Å². The van der Waals surface area contributed by atoms with Crippen LogP contribution in [0.1, 0.15) is 25.3 Å². The number of hydrogen-bond acceptors (Lipinski definition) is 4. The summed E-state index contributed by atoms with van der Waals surface area (Å²) in [6.07, 6.45) is 1.82. The first-order valence-electron chi connectivity index (χ1n) is 7.01. The third kappa shape index (κ3) is 3.85. The normalized spacial score (nSPS) is 15.6. The van der Waals surface area contributed by atoms with Crippen LogP contribution in [-0.4, -0.2) is 37.1 Å². The summed E-state index contributed by atoms with van der Waals surface area (Å²) in [7, 11) is 1.64. The van der Waals surface area contributed by atoms with Crippen LogP contribution in [0.4, 0.5) is 5.69 Å². The molecular formula is C15H21N3O2S. The van der Waals surface area contributed by atoms with E-state index in [2.05, 4.69) is 10.2 Å². The molecule has 1 aromatic carbocycles. The Kier molecular flexibility index (Phi) is 5.01. The number of benzene rings is 1. The molecule has 1 amide bonds. The Bertz CT molecular complexity index is 540. The molecule has 5 nitrogen and oxygen atoms in total. The van der Waals surface area contributed by atoms with Crippen molar-refractivity contribution in [2.75, 3.05) is 25.1 Å². The number of nitrogens with zero attached hydrogens (tertiary/aromatic N) is 1. The highest BCUT2D eigenvalue weighted by Crippen LogP contribution is 2.28. The Balaban J connectivity index is 2.15. The molecule has 1 heterocycles. The van der Waals surface area contributed by atoms with Crippen molar-refractivity contribution in [3.05, 3.63) is 23.8 Å². The number of rotatable bonds is 4. The van der Waals surface area contributed by atoms with Crippen LogP contribution in [0.15, 0.2) is 18.2 Å². The summed E-state index contributed by atoms with van der Waals surface area (Å²) in [6.45, 7) is 3.26. The van der Waals surface area contributed by atoms with E-state index in [1.54, 1.807) is 14.0 Å². The van der Waals surface area contributed by atoms with Gasteiger partial charge in [0, 0.05) is 37.7 Å². The first kappa shape index (κ1) is 15.6. The predicted molar refractivity (Wildman–Crippen MR) is 87.9 cm³/mol. The number of thiocarbonyl (C=S) groups is 1. The Hall–Kier alpha value is -1.82. The molecule has 2 rings (SSSR count). The molecule has 1 aromatic rings. The highest BCUT2D eigenvalue weighted by Gasteiger charge is 2.22. The van der Waals surface area contributed by atoms with Gasteiger partial charge in [0.1, 0.15) is 10.7 Å². The lowest BCUT2D eigenvalue weighted by atomic mass is 10.0. The zero-order valence-corrected chi connectivity index (χ0v) is 13.2. The number of nitrogens with two attached hydrogens (primary N) is 1. The van der Waals surface area contributed by atoms with Crippen LogP contribution >= 0.6 is 12.2 Å². The molecule has 0 unspecified atom stereocenters. The van der Waals surface area contributed by atoms with Gasteiger partial charge in [-0.05, 0) is 25.0 Å². The molecular weight excluding hydrogens is 286 g/mol. The molecule has 0 spiro atoms. The SMILES string of the molecule is COc1ccc(C(N)=S)c(N2CCC(NC(C)=O)CC2)c1. The van der Waals surface area contributed by atoms with Gasteiger partial charge in [0.25, 0.3) is 0 Å². The van der Waals surface area contributed by atoms with Gasteiger partial charge in [-0.15, -0.1) is 0 Å². The molecule has 1 saturated heterocycles. The fraction of sp³-hybridized carbons (Fsp3) is 0.467. The van der Waals surface area contributed by atoms with Gasteiger partial charge in [0.05, 0.1) is 12.8 Å². The number of carbonyl (C=O) groups excluding carboxylic acids is 1. The zero-order chi connectivity index (χ0) is 15.4. The molecule has 1 aliphatic rings. The Morgan fingerprint density at radius 2 is 2.10 bits per heavy atom. The number of piperidine rings is 1. The number of methoxy groups -OCH3 is 1. The summed E-state index contributed by atoms with van der Waals surface area (Å²) in [6, 6.07) is 5.98. The molecule has 0 radical (unpaired) electrons. The molecule has 6 heteroatoms. The van der Waals surface area contributed by atoms with Crippen molar-refractivity contribution in [2.24, 2.45) is 5.73 Å². The van der Waals surface area contributed by atoms with Crippen molar-refractivity contribution in [3.63, 3.8) is 0 Å². The lowest BCUT2D eigenvalue weighted by Crippen LogP contribution is -2.44. The van der Waals surface area contributed by atoms with E-state index < -0.39 is 0 Å². The number of carbonyl (C=O) groups is 1. The Morgan fingerprint density at radius 3 is 2.62 bits per heavy atom. The molecule has 0 atom stereocenters. The third-order valence-electron chi connectivity index (χ3n) is 3.71. The molecule has 0 saturated carbocycles. The average molecular weight is 307 g/mol. The first-order chi connectivity index (χ1) is 10.0. The lowest BCUT2D eigenvalue weighted by Gasteiger charge is -2.35. The third-order valence-corrected chi connectivity index (χ3v) is 3.93. The van der Waals surface area contributed by atoms with Crippen LogP contribution in [0.3, 0.4) is 0 Å². The molecule has 1 aliphatic heterocycles. The van der Waals surface area contributed by atoms with Gasteiger partial charge in [0.2, 0.25) is 5.91 Å². The quantitative estimate of drug-likeness (QED) is 0.824. The maximum Gasteiger partial charge on any atom is 0.217 e. The monoisotopic (exact) mass is 307 g/mol. The van der Waals surface area contributed by atoms with E-state index in [0.29, 0.717) is 4.99 Å². The van der Waals surface area contributed by atoms with Crippen molar-refractivity contribution in [1.82, 2.24) is 5.32 Å². The van der Waals surface area contributed by atoms with Crippen LogP contribution in [0.25, 0.3) is 0 Å². The molecule has 0 aromatic heterocycles. The summed E-state index contributed by atoms with van der Waals surface area (Å²) in [5.41, 5.74) is 7.68. The fourth-order valence-corrected chi connectivity index (χ4v) is 2.83. The molecule has 1 fully saturated rings. The van der Waals surface area contributed by atoms with Crippen molar-refractivity contribution >= 4 is 28.8 Å². The van der Waals surface area contributed by atoms with Crippen LogP contribution in [0.2, 0.25) is 0 Å². The summed E-state index contributed by atoms with van der Waals surface area (Å²) >= 11 is 5.13. The molecule has 21 heavy (non-hydrogen) atoms. The molecule has 3 N–H and O–H groups in total. The van der Waals surface area contributed by atoms with Crippen LogP contribution in [0.5, 0.6) is 5.75 Å². The minimum atomic E-state index is 0.0265. The molecule has 0 bridgehead atoms. The van der Waals surface area contributed by atoms with Gasteiger partial charge in [-0.2, -0.15) is 0 Å². The average Bonchev–Trinajstić information content (AvgIpc) is 2.46. The number of ether oxygens (including phenoxy) is 1. The van der Waals surface area contributed by atoms with Crippen LogP contribution in [0, 0.1) is 0 Å². The van der Waals surface area contributed by atoms with Crippen molar-refractivity contribution in [3.8, 4) is 5.75 Å². The van der Waals surface area contributed by atoms with Gasteiger partial charge in [-0.3, -0.25) is 4.79 Å². The van der Waals surface area contributed by atoms with Gasteiger partial charge < -0.3 is 20.7 Å².